The Bertz CT molecular complexity index is 554. The summed E-state index contributed by atoms with van der Waals surface area (Å²) in [5, 5.41) is 8.08. The Balaban J connectivity index is 1.56. The third kappa shape index (κ3) is 4.08. The first-order valence-corrected chi connectivity index (χ1v) is 8.99. The van der Waals surface area contributed by atoms with Gasteiger partial charge in [0, 0.05) is 54.6 Å². The lowest BCUT2D eigenvalue weighted by Crippen LogP contribution is -2.34. The Hall–Kier alpha value is -1.40. The molecule has 1 saturated heterocycles. The Kier molecular flexibility index (Phi) is 5.45. The quantitative estimate of drug-likeness (QED) is 0.655. The van der Waals surface area contributed by atoms with E-state index in [2.05, 4.69) is 38.1 Å². The number of aromatic amines is 1. The van der Waals surface area contributed by atoms with E-state index in [1.165, 1.54) is 24.1 Å². The van der Waals surface area contributed by atoms with Crippen LogP contribution in [0.15, 0.2) is 29.8 Å². The van der Waals surface area contributed by atoms with Crippen LogP contribution in [-0.4, -0.2) is 43.9 Å². The van der Waals surface area contributed by atoms with Crippen molar-refractivity contribution < 1.29 is 0 Å². The van der Waals surface area contributed by atoms with E-state index in [1.807, 2.05) is 18.6 Å². The van der Waals surface area contributed by atoms with Gasteiger partial charge in [-0.1, -0.05) is 18.7 Å². The molecule has 0 aromatic carbocycles. The predicted octanol–water partition coefficient (Wildman–Crippen LogP) is 3.08. The topological polar surface area (TPSA) is 57.7 Å². The van der Waals surface area contributed by atoms with Gasteiger partial charge in [0.2, 0.25) is 0 Å². The Labute approximate surface area is 135 Å². The van der Waals surface area contributed by atoms with Crippen LogP contribution in [0.5, 0.6) is 0 Å². The third-order valence-electron chi connectivity index (χ3n) is 3.99. The molecule has 1 fully saturated rings. The van der Waals surface area contributed by atoms with Crippen molar-refractivity contribution in [3.05, 3.63) is 35.9 Å². The normalized spacial score (nSPS) is 19.4. The molecule has 0 aliphatic carbocycles. The third-order valence-corrected chi connectivity index (χ3v) is 5.07. The smallest absolute Gasteiger partial charge is 0.187 e. The van der Waals surface area contributed by atoms with Gasteiger partial charge in [-0.3, -0.25) is 10.00 Å². The van der Waals surface area contributed by atoms with E-state index >= 15 is 0 Å². The highest BCUT2D eigenvalue weighted by Crippen LogP contribution is 2.26. The summed E-state index contributed by atoms with van der Waals surface area (Å²) in [6, 6.07) is 2.09. The van der Waals surface area contributed by atoms with Gasteiger partial charge in [-0.2, -0.15) is 5.10 Å². The molecule has 0 radical (unpaired) electrons. The summed E-state index contributed by atoms with van der Waals surface area (Å²) in [6.45, 7) is 5.34. The molecule has 2 aromatic heterocycles. The van der Waals surface area contributed by atoms with Crippen LogP contribution in [0.1, 0.15) is 43.4 Å². The molecule has 2 aromatic rings. The molecular formula is C16H23N5S. The van der Waals surface area contributed by atoms with Gasteiger partial charge in [0.15, 0.2) is 5.16 Å². The number of H-pyrrole nitrogens is 1. The summed E-state index contributed by atoms with van der Waals surface area (Å²) in [6.07, 6.45) is 9.42. The van der Waals surface area contributed by atoms with Gasteiger partial charge in [-0.15, -0.1) is 0 Å². The Morgan fingerprint density at radius 1 is 1.36 bits per heavy atom. The monoisotopic (exact) mass is 317 g/mol. The van der Waals surface area contributed by atoms with Crippen LogP contribution in [0.2, 0.25) is 0 Å². The van der Waals surface area contributed by atoms with Crippen molar-refractivity contribution in [3.63, 3.8) is 0 Å². The van der Waals surface area contributed by atoms with Crippen LogP contribution in [0, 0.1) is 0 Å². The molecule has 0 unspecified atom stereocenters. The number of nitrogens with one attached hydrogen (secondary N) is 1. The molecule has 1 aliphatic heterocycles. The number of piperidine rings is 1. The second-order valence-corrected chi connectivity index (χ2v) is 6.87. The van der Waals surface area contributed by atoms with Gasteiger partial charge < -0.3 is 0 Å². The van der Waals surface area contributed by atoms with E-state index in [0.717, 1.165) is 37.0 Å². The van der Waals surface area contributed by atoms with Crippen LogP contribution in [0.4, 0.5) is 0 Å². The minimum Gasteiger partial charge on any atom is -0.298 e. The van der Waals surface area contributed by atoms with Crippen molar-refractivity contribution in [2.75, 3.05) is 18.8 Å². The van der Waals surface area contributed by atoms with Crippen molar-refractivity contribution in [3.8, 4) is 0 Å². The molecule has 1 N–H and O–H groups in total. The van der Waals surface area contributed by atoms with Gasteiger partial charge in [-0.25, -0.2) is 9.97 Å². The zero-order valence-electron chi connectivity index (χ0n) is 13.0. The van der Waals surface area contributed by atoms with E-state index in [-0.39, 0.29) is 0 Å². The number of hydrogen-bond acceptors (Lipinski definition) is 5. The van der Waals surface area contributed by atoms with Crippen LogP contribution in [0.25, 0.3) is 0 Å². The highest BCUT2D eigenvalue weighted by Gasteiger charge is 2.22. The van der Waals surface area contributed by atoms with E-state index in [4.69, 9.17) is 0 Å². The van der Waals surface area contributed by atoms with E-state index in [9.17, 15) is 0 Å². The second-order valence-electron chi connectivity index (χ2n) is 5.81. The highest BCUT2D eigenvalue weighted by atomic mass is 32.2. The summed E-state index contributed by atoms with van der Waals surface area (Å²) < 4.78 is 0. The summed E-state index contributed by atoms with van der Waals surface area (Å²) in [5.41, 5.74) is 2.46. The molecule has 1 atom stereocenters. The Morgan fingerprint density at radius 2 is 2.23 bits per heavy atom. The Morgan fingerprint density at radius 3 is 2.95 bits per heavy atom. The molecule has 1 aliphatic rings. The molecule has 118 valence electrons. The summed E-state index contributed by atoms with van der Waals surface area (Å²) in [4.78, 5) is 11.4. The first-order valence-electron chi connectivity index (χ1n) is 8.00. The zero-order chi connectivity index (χ0) is 15.2. The summed E-state index contributed by atoms with van der Waals surface area (Å²) in [5.74, 6) is 1.65. The number of hydrogen-bond donors (Lipinski definition) is 1. The van der Waals surface area contributed by atoms with Crippen molar-refractivity contribution in [1.82, 2.24) is 25.1 Å². The molecule has 3 heterocycles. The SMILES string of the molecule is CCCSc1ncc(CN2CCC[C@H](c3ccn[nH]3)C2)cn1. The van der Waals surface area contributed by atoms with Crippen molar-refractivity contribution >= 4 is 11.8 Å². The maximum absolute atomic E-state index is 4.46. The minimum atomic E-state index is 0.566. The number of thioether (sulfide) groups is 1. The molecule has 6 heteroatoms. The summed E-state index contributed by atoms with van der Waals surface area (Å²) >= 11 is 1.73. The van der Waals surface area contributed by atoms with Gasteiger partial charge >= 0.3 is 0 Å². The van der Waals surface area contributed by atoms with E-state index in [0.29, 0.717) is 5.92 Å². The van der Waals surface area contributed by atoms with Crippen molar-refractivity contribution in [2.45, 2.75) is 43.8 Å². The molecular weight excluding hydrogens is 294 g/mol. The van der Waals surface area contributed by atoms with Crippen molar-refractivity contribution in [1.29, 1.82) is 0 Å². The van der Waals surface area contributed by atoms with Gasteiger partial charge in [0.1, 0.15) is 0 Å². The average molecular weight is 317 g/mol. The standard InChI is InChI=1S/C16H23N5S/c1-2-8-22-16-17-9-13(10-18-16)11-21-7-3-4-14(12-21)15-5-6-19-20-15/h5-6,9-10,14H,2-4,7-8,11-12H2,1H3,(H,19,20)/t14-/m0/s1. The van der Waals surface area contributed by atoms with Crippen molar-refractivity contribution in [2.24, 2.45) is 0 Å². The van der Waals surface area contributed by atoms with Gasteiger partial charge in [0.05, 0.1) is 0 Å². The molecule has 5 nitrogen and oxygen atoms in total. The second kappa shape index (κ2) is 7.74. The minimum absolute atomic E-state index is 0.566. The lowest BCUT2D eigenvalue weighted by atomic mass is 9.95. The first kappa shape index (κ1) is 15.5. The van der Waals surface area contributed by atoms with Gasteiger partial charge in [0.25, 0.3) is 0 Å². The van der Waals surface area contributed by atoms with E-state index in [1.54, 1.807) is 11.8 Å². The zero-order valence-corrected chi connectivity index (χ0v) is 13.9. The van der Waals surface area contributed by atoms with Crippen LogP contribution in [-0.2, 0) is 6.54 Å². The number of likely N-dealkylation sites (tertiary alicyclic amines) is 1. The lowest BCUT2D eigenvalue weighted by Gasteiger charge is -2.32. The fourth-order valence-electron chi connectivity index (χ4n) is 2.90. The molecule has 0 spiro atoms. The lowest BCUT2D eigenvalue weighted by molar-refractivity contribution is 0.198. The molecule has 0 saturated carbocycles. The number of rotatable bonds is 6. The predicted molar refractivity (Wildman–Crippen MR) is 88.9 cm³/mol. The van der Waals surface area contributed by atoms with Gasteiger partial charge in [-0.05, 0) is 31.9 Å². The molecule has 3 rings (SSSR count). The molecule has 0 bridgehead atoms. The highest BCUT2D eigenvalue weighted by molar-refractivity contribution is 7.99. The summed E-state index contributed by atoms with van der Waals surface area (Å²) in [7, 11) is 0. The first-order chi connectivity index (χ1) is 10.8. The van der Waals surface area contributed by atoms with Crippen LogP contribution < -0.4 is 0 Å². The maximum atomic E-state index is 4.46. The number of nitrogens with zero attached hydrogens (tertiary/aromatic N) is 4. The number of aromatic nitrogens is 4. The fraction of sp³-hybridized carbons (Fsp3) is 0.562. The molecule has 22 heavy (non-hydrogen) atoms. The molecule has 0 amide bonds. The van der Waals surface area contributed by atoms with Crippen LogP contribution >= 0.6 is 11.8 Å². The maximum Gasteiger partial charge on any atom is 0.187 e. The fourth-order valence-corrected chi connectivity index (χ4v) is 3.54. The van der Waals surface area contributed by atoms with Crippen LogP contribution in [0.3, 0.4) is 0 Å². The van der Waals surface area contributed by atoms with E-state index < -0.39 is 0 Å². The average Bonchev–Trinajstić information content (AvgIpc) is 3.09. The largest absolute Gasteiger partial charge is 0.298 e.